The van der Waals surface area contributed by atoms with Crippen molar-refractivity contribution in [3.05, 3.63) is 0 Å². The molecule has 0 spiro atoms. The number of hydrogen-bond acceptors (Lipinski definition) is 3. The first-order valence-electron chi connectivity index (χ1n) is 6.12. The average molecular weight is 263 g/mol. The Kier molecular flexibility index (Phi) is 5.39. The fraction of sp³-hybridized carbons (Fsp3) is 0.909. The number of rotatable bonds is 4. The van der Waals surface area contributed by atoms with Crippen molar-refractivity contribution in [3.63, 3.8) is 0 Å². The molecular weight excluding hydrogens is 242 g/mol. The first-order chi connectivity index (χ1) is 8.03. The number of nitrogens with one attached hydrogen (secondary N) is 1. The van der Waals surface area contributed by atoms with E-state index in [1.165, 1.54) is 12.8 Å². The summed E-state index contributed by atoms with van der Waals surface area (Å²) in [4.78, 5) is 8.36. The molecule has 1 unspecified atom stereocenters. The molecule has 0 aliphatic heterocycles. The molecule has 0 aromatic heterocycles. The third-order valence-corrected chi connectivity index (χ3v) is 5.42. The van der Waals surface area contributed by atoms with E-state index in [0.29, 0.717) is 0 Å². The lowest BCUT2D eigenvalue weighted by molar-refractivity contribution is -0.122. The molecule has 0 aromatic rings. The van der Waals surface area contributed by atoms with Crippen LogP contribution in [-0.2, 0) is 14.8 Å². The summed E-state index contributed by atoms with van der Waals surface area (Å²) in [7, 11) is -2.95. The second-order valence-corrected chi connectivity index (χ2v) is 6.74. The standard InChI is InChI=1S/C10H19NO2S.CH2O2/c1-2-8-3-4-9(7-8)11-14(12,13)10-5-6-10;2-1-3/h8-11H,2-7H2,1H3;1H,(H,2,3)/t8?,9-;/m0./s1. The van der Waals surface area contributed by atoms with Crippen LogP contribution in [-0.4, -0.2) is 31.3 Å². The molecule has 0 saturated heterocycles. The predicted molar refractivity (Wildman–Crippen MR) is 65.2 cm³/mol. The van der Waals surface area contributed by atoms with Gasteiger partial charge in [0.25, 0.3) is 6.47 Å². The summed E-state index contributed by atoms with van der Waals surface area (Å²) >= 11 is 0. The molecule has 2 rings (SSSR count). The van der Waals surface area contributed by atoms with Crippen molar-refractivity contribution in [1.29, 1.82) is 0 Å². The van der Waals surface area contributed by atoms with Crippen LogP contribution in [0.3, 0.4) is 0 Å². The highest BCUT2D eigenvalue weighted by molar-refractivity contribution is 7.90. The maximum absolute atomic E-state index is 11.6. The molecule has 100 valence electrons. The summed E-state index contributed by atoms with van der Waals surface area (Å²) in [6, 6.07) is 0.227. The van der Waals surface area contributed by atoms with Crippen LogP contribution >= 0.6 is 0 Å². The summed E-state index contributed by atoms with van der Waals surface area (Å²) in [6.07, 6.45) is 6.17. The molecule has 0 bridgehead atoms. The van der Waals surface area contributed by atoms with Gasteiger partial charge in [-0.25, -0.2) is 13.1 Å². The molecule has 2 saturated carbocycles. The highest BCUT2D eigenvalue weighted by Gasteiger charge is 2.38. The molecule has 2 aliphatic rings. The van der Waals surface area contributed by atoms with E-state index in [9.17, 15) is 8.42 Å². The number of sulfonamides is 1. The summed E-state index contributed by atoms with van der Waals surface area (Å²) in [5, 5.41) is 6.82. The molecule has 2 aliphatic carbocycles. The van der Waals surface area contributed by atoms with Crippen molar-refractivity contribution in [2.24, 2.45) is 5.92 Å². The monoisotopic (exact) mass is 263 g/mol. The van der Waals surface area contributed by atoms with Gasteiger partial charge in [0.15, 0.2) is 0 Å². The Bertz CT molecular complexity index is 337. The normalized spacial score (nSPS) is 28.3. The predicted octanol–water partition coefficient (Wildman–Crippen LogP) is 1.35. The maximum Gasteiger partial charge on any atom is 0.290 e. The van der Waals surface area contributed by atoms with Crippen molar-refractivity contribution < 1.29 is 18.3 Å². The fourth-order valence-electron chi connectivity index (χ4n) is 2.26. The summed E-state index contributed by atoms with van der Waals surface area (Å²) in [5.74, 6) is 0.738. The summed E-state index contributed by atoms with van der Waals surface area (Å²) < 4.78 is 26.1. The molecule has 6 heteroatoms. The van der Waals surface area contributed by atoms with E-state index >= 15 is 0 Å². The van der Waals surface area contributed by atoms with Crippen molar-refractivity contribution in [2.75, 3.05) is 0 Å². The Labute approximate surface area is 103 Å². The molecule has 2 N–H and O–H groups in total. The molecule has 2 fully saturated rings. The Morgan fingerprint density at radius 3 is 2.29 bits per heavy atom. The van der Waals surface area contributed by atoms with Gasteiger partial charge in [-0.3, -0.25) is 4.79 Å². The zero-order valence-electron chi connectivity index (χ0n) is 10.1. The zero-order chi connectivity index (χ0) is 12.9. The largest absolute Gasteiger partial charge is 0.483 e. The van der Waals surface area contributed by atoms with Crippen LogP contribution < -0.4 is 4.72 Å². The Balaban J connectivity index is 0.000000437. The van der Waals surface area contributed by atoms with Crippen LogP contribution in [0, 0.1) is 5.92 Å². The second kappa shape index (κ2) is 6.35. The SMILES string of the molecule is CCC1CC[C@H](NS(=O)(=O)C2CC2)C1.O=CO. The van der Waals surface area contributed by atoms with Crippen molar-refractivity contribution in [3.8, 4) is 0 Å². The van der Waals surface area contributed by atoms with Gasteiger partial charge < -0.3 is 5.11 Å². The van der Waals surface area contributed by atoms with Crippen molar-refractivity contribution >= 4 is 16.5 Å². The molecule has 17 heavy (non-hydrogen) atoms. The van der Waals surface area contributed by atoms with Gasteiger partial charge in [0.1, 0.15) is 0 Å². The van der Waals surface area contributed by atoms with Gasteiger partial charge in [-0.15, -0.1) is 0 Å². The molecule has 0 radical (unpaired) electrons. The van der Waals surface area contributed by atoms with Gasteiger partial charge in [-0.1, -0.05) is 13.3 Å². The second-order valence-electron chi connectivity index (χ2n) is 4.75. The minimum atomic E-state index is -2.95. The fourth-order valence-corrected chi connectivity index (χ4v) is 3.89. The Morgan fingerprint density at radius 1 is 1.29 bits per heavy atom. The van der Waals surface area contributed by atoms with E-state index in [0.717, 1.165) is 31.6 Å². The summed E-state index contributed by atoms with van der Waals surface area (Å²) in [5.41, 5.74) is 0. The van der Waals surface area contributed by atoms with Crippen LogP contribution in [0.5, 0.6) is 0 Å². The lowest BCUT2D eigenvalue weighted by Crippen LogP contribution is -2.35. The number of carboxylic acid groups (broad SMARTS) is 1. The quantitative estimate of drug-likeness (QED) is 0.750. The first-order valence-corrected chi connectivity index (χ1v) is 7.67. The topological polar surface area (TPSA) is 83.5 Å². The Hall–Kier alpha value is -0.620. The van der Waals surface area contributed by atoms with Crippen molar-refractivity contribution in [1.82, 2.24) is 4.72 Å². The van der Waals surface area contributed by atoms with Crippen LogP contribution in [0.1, 0.15) is 45.4 Å². The number of carbonyl (C=O) groups is 1. The van der Waals surface area contributed by atoms with Gasteiger partial charge in [-0.05, 0) is 38.0 Å². The van der Waals surface area contributed by atoms with E-state index < -0.39 is 10.0 Å². The summed E-state index contributed by atoms with van der Waals surface area (Å²) in [6.45, 7) is 1.93. The van der Waals surface area contributed by atoms with Gasteiger partial charge in [0, 0.05) is 6.04 Å². The van der Waals surface area contributed by atoms with Gasteiger partial charge in [-0.2, -0.15) is 0 Å². The minimum absolute atomic E-state index is 0.0665. The Morgan fingerprint density at radius 2 is 1.88 bits per heavy atom. The molecule has 0 heterocycles. The van der Waals surface area contributed by atoms with E-state index in [1.54, 1.807) is 0 Å². The average Bonchev–Trinajstić information content (AvgIpc) is 3.03. The minimum Gasteiger partial charge on any atom is -0.483 e. The zero-order valence-corrected chi connectivity index (χ0v) is 10.9. The highest BCUT2D eigenvalue weighted by atomic mass is 32.2. The van der Waals surface area contributed by atoms with Crippen LogP contribution in [0.25, 0.3) is 0 Å². The third-order valence-electron chi connectivity index (χ3n) is 3.41. The van der Waals surface area contributed by atoms with Crippen LogP contribution in [0.15, 0.2) is 0 Å². The van der Waals surface area contributed by atoms with E-state index in [1.807, 2.05) is 0 Å². The molecule has 0 amide bonds. The molecule has 2 atom stereocenters. The molecule has 0 aromatic carbocycles. The van der Waals surface area contributed by atoms with E-state index in [-0.39, 0.29) is 17.8 Å². The molecular formula is C11H21NO4S. The maximum atomic E-state index is 11.6. The van der Waals surface area contributed by atoms with Crippen LogP contribution in [0.2, 0.25) is 0 Å². The highest BCUT2D eigenvalue weighted by Crippen LogP contribution is 2.32. The lowest BCUT2D eigenvalue weighted by Gasteiger charge is -2.12. The molecule has 5 nitrogen and oxygen atoms in total. The van der Waals surface area contributed by atoms with Crippen molar-refractivity contribution in [2.45, 2.75) is 56.7 Å². The van der Waals surface area contributed by atoms with Gasteiger partial charge in [0.2, 0.25) is 10.0 Å². The van der Waals surface area contributed by atoms with Gasteiger partial charge in [0.05, 0.1) is 5.25 Å². The van der Waals surface area contributed by atoms with Crippen LogP contribution in [0.4, 0.5) is 0 Å². The third kappa shape index (κ3) is 4.63. The lowest BCUT2D eigenvalue weighted by atomic mass is 10.1. The number of hydrogen-bond donors (Lipinski definition) is 2. The smallest absolute Gasteiger partial charge is 0.290 e. The van der Waals surface area contributed by atoms with Gasteiger partial charge >= 0.3 is 0 Å². The first kappa shape index (κ1) is 14.4. The van der Waals surface area contributed by atoms with E-state index in [4.69, 9.17) is 9.90 Å². The van der Waals surface area contributed by atoms with E-state index in [2.05, 4.69) is 11.6 Å².